The van der Waals surface area contributed by atoms with E-state index >= 15 is 0 Å². The summed E-state index contributed by atoms with van der Waals surface area (Å²) in [6, 6.07) is 7.87. The maximum absolute atomic E-state index is 3.77. The van der Waals surface area contributed by atoms with Gasteiger partial charge in [-0.15, -0.1) is 28.1 Å². The molecular formula is C7H6BrLi. The van der Waals surface area contributed by atoms with Crippen LogP contribution in [-0.4, -0.2) is 0 Å². The summed E-state index contributed by atoms with van der Waals surface area (Å²) in [5.41, 5.74) is 1.03. The van der Waals surface area contributed by atoms with Gasteiger partial charge >= 0.3 is 18.9 Å². The number of hydrogen-bond donors (Lipinski definition) is 0. The van der Waals surface area contributed by atoms with Crippen LogP contribution in [0.4, 0.5) is 0 Å². The molecule has 0 aliphatic rings. The van der Waals surface area contributed by atoms with Crippen molar-refractivity contribution in [2.45, 2.75) is 0 Å². The SMILES string of the molecule is [CH2-]c1ccccc1Br.[Li+]. The Labute approximate surface area is 76.0 Å². The van der Waals surface area contributed by atoms with E-state index in [0.717, 1.165) is 10.0 Å². The zero-order chi connectivity index (χ0) is 5.98. The second kappa shape index (κ2) is 4.06. The van der Waals surface area contributed by atoms with Gasteiger partial charge < -0.3 is 0 Å². The standard InChI is InChI=1S/C7H6Br.Li/c1-6-4-2-3-5-7(6)8;/h2-5H,1H2;/q-1;+1. The van der Waals surface area contributed by atoms with Crippen molar-refractivity contribution in [2.24, 2.45) is 0 Å². The summed E-state index contributed by atoms with van der Waals surface area (Å²) < 4.78 is 1.07. The molecule has 2 heteroatoms. The van der Waals surface area contributed by atoms with Gasteiger partial charge in [-0.3, -0.25) is 0 Å². The van der Waals surface area contributed by atoms with Gasteiger partial charge in [0, 0.05) is 0 Å². The molecule has 0 aromatic heterocycles. The number of benzene rings is 1. The summed E-state index contributed by atoms with van der Waals surface area (Å²) >= 11 is 3.33. The molecule has 0 heterocycles. The minimum Gasteiger partial charge on any atom is -0.198 e. The van der Waals surface area contributed by atoms with Crippen LogP contribution in [-0.2, 0) is 0 Å². The quantitative estimate of drug-likeness (QED) is 0.374. The zero-order valence-corrected chi connectivity index (χ0v) is 6.98. The monoisotopic (exact) mass is 176 g/mol. The van der Waals surface area contributed by atoms with E-state index in [2.05, 4.69) is 22.9 Å². The van der Waals surface area contributed by atoms with Crippen molar-refractivity contribution >= 4 is 15.9 Å². The van der Waals surface area contributed by atoms with E-state index in [1.165, 1.54) is 0 Å². The molecule has 42 valence electrons. The maximum atomic E-state index is 3.77. The number of halogens is 1. The molecule has 1 aromatic carbocycles. The molecule has 0 atom stereocenters. The molecule has 0 spiro atoms. The van der Waals surface area contributed by atoms with Crippen LogP contribution in [0.15, 0.2) is 28.7 Å². The predicted octanol–water partition coefficient (Wildman–Crippen LogP) is -0.365. The van der Waals surface area contributed by atoms with Crippen molar-refractivity contribution in [3.63, 3.8) is 0 Å². The molecule has 0 bridgehead atoms. The Kier molecular flexibility index (Phi) is 4.13. The van der Waals surface area contributed by atoms with Gasteiger partial charge in [0.05, 0.1) is 0 Å². The van der Waals surface area contributed by atoms with Crippen LogP contribution in [0.5, 0.6) is 0 Å². The minimum absolute atomic E-state index is 0. The molecule has 0 nitrogen and oxygen atoms in total. The van der Waals surface area contributed by atoms with Gasteiger partial charge in [0.2, 0.25) is 0 Å². The Balaban J connectivity index is 0.000000640. The third-order valence-electron chi connectivity index (χ3n) is 0.958. The summed E-state index contributed by atoms with van der Waals surface area (Å²) in [6.07, 6.45) is 0. The first-order chi connectivity index (χ1) is 3.80. The molecule has 0 unspecified atom stereocenters. The summed E-state index contributed by atoms with van der Waals surface area (Å²) in [7, 11) is 0. The smallest absolute Gasteiger partial charge is 0.198 e. The molecule has 0 amide bonds. The van der Waals surface area contributed by atoms with Crippen molar-refractivity contribution in [3.05, 3.63) is 41.2 Å². The molecule has 0 saturated heterocycles. The van der Waals surface area contributed by atoms with Crippen LogP contribution < -0.4 is 18.9 Å². The van der Waals surface area contributed by atoms with E-state index in [1.54, 1.807) is 0 Å². The molecular weight excluding hydrogens is 171 g/mol. The third kappa shape index (κ3) is 2.49. The van der Waals surface area contributed by atoms with E-state index < -0.39 is 0 Å². The molecule has 1 aromatic rings. The molecule has 0 radical (unpaired) electrons. The Morgan fingerprint density at radius 1 is 1.22 bits per heavy atom. The van der Waals surface area contributed by atoms with Gasteiger partial charge in [-0.2, -0.15) is 18.6 Å². The summed E-state index contributed by atoms with van der Waals surface area (Å²) in [6.45, 7) is 3.77. The van der Waals surface area contributed by atoms with E-state index in [-0.39, 0.29) is 18.9 Å². The average Bonchev–Trinajstić information content (AvgIpc) is 1.77. The van der Waals surface area contributed by atoms with Crippen LogP contribution in [0, 0.1) is 6.92 Å². The molecule has 0 aliphatic carbocycles. The Morgan fingerprint density at radius 3 is 2.11 bits per heavy atom. The number of hydrogen-bond acceptors (Lipinski definition) is 0. The summed E-state index contributed by atoms with van der Waals surface area (Å²) in [4.78, 5) is 0. The van der Waals surface area contributed by atoms with Gasteiger partial charge in [0.15, 0.2) is 0 Å². The fourth-order valence-electron chi connectivity index (χ4n) is 0.498. The minimum atomic E-state index is 0. The summed E-state index contributed by atoms with van der Waals surface area (Å²) in [5, 5.41) is 0. The van der Waals surface area contributed by atoms with Crippen molar-refractivity contribution in [2.75, 3.05) is 0 Å². The molecule has 0 saturated carbocycles. The van der Waals surface area contributed by atoms with Gasteiger partial charge in [0.25, 0.3) is 0 Å². The van der Waals surface area contributed by atoms with E-state index in [1.807, 2.05) is 24.3 Å². The maximum Gasteiger partial charge on any atom is 1.00 e. The van der Waals surface area contributed by atoms with Gasteiger partial charge in [-0.25, -0.2) is 0 Å². The fourth-order valence-corrected chi connectivity index (χ4v) is 0.783. The first kappa shape index (κ1) is 9.17. The topological polar surface area (TPSA) is 0 Å². The van der Waals surface area contributed by atoms with Crippen molar-refractivity contribution in [1.29, 1.82) is 0 Å². The van der Waals surface area contributed by atoms with Crippen LogP contribution in [0.2, 0.25) is 0 Å². The second-order valence-electron chi connectivity index (χ2n) is 1.59. The number of rotatable bonds is 0. The third-order valence-corrected chi connectivity index (χ3v) is 1.73. The van der Waals surface area contributed by atoms with Crippen molar-refractivity contribution in [1.82, 2.24) is 0 Å². The van der Waals surface area contributed by atoms with Crippen LogP contribution in [0.25, 0.3) is 0 Å². The second-order valence-corrected chi connectivity index (χ2v) is 2.45. The average molecular weight is 177 g/mol. The Bertz CT molecular complexity index is 165. The van der Waals surface area contributed by atoms with E-state index in [9.17, 15) is 0 Å². The predicted molar refractivity (Wildman–Crippen MR) is 38.6 cm³/mol. The summed E-state index contributed by atoms with van der Waals surface area (Å²) in [5.74, 6) is 0. The zero-order valence-electron chi connectivity index (χ0n) is 5.39. The molecule has 1 rings (SSSR count). The van der Waals surface area contributed by atoms with Gasteiger partial charge in [-0.1, -0.05) is 10.5 Å². The van der Waals surface area contributed by atoms with E-state index in [4.69, 9.17) is 0 Å². The first-order valence-electron chi connectivity index (χ1n) is 2.37. The first-order valence-corrected chi connectivity index (χ1v) is 3.16. The van der Waals surface area contributed by atoms with Crippen LogP contribution in [0.1, 0.15) is 5.56 Å². The normalized spacial score (nSPS) is 8.11. The van der Waals surface area contributed by atoms with Crippen LogP contribution in [0.3, 0.4) is 0 Å². The van der Waals surface area contributed by atoms with Gasteiger partial charge in [-0.05, 0) is 0 Å². The largest absolute Gasteiger partial charge is 1.00 e. The van der Waals surface area contributed by atoms with Crippen molar-refractivity contribution < 1.29 is 18.9 Å². The molecule has 0 aliphatic heterocycles. The van der Waals surface area contributed by atoms with Crippen molar-refractivity contribution in [3.8, 4) is 0 Å². The molecule has 0 fully saturated rings. The Morgan fingerprint density at radius 2 is 1.78 bits per heavy atom. The van der Waals surface area contributed by atoms with E-state index in [0.29, 0.717) is 0 Å². The van der Waals surface area contributed by atoms with Crippen LogP contribution >= 0.6 is 15.9 Å². The molecule has 9 heavy (non-hydrogen) atoms. The Hall–Kier alpha value is 0.167. The van der Waals surface area contributed by atoms with Gasteiger partial charge in [0.1, 0.15) is 0 Å². The fraction of sp³-hybridized carbons (Fsp3) is 0. The molecule has 0 N–H and O–H groups in total.